The maximum atomic E-state index is 9.28. The maximum absolute atomic E-state index is 9.28. The number of anilines is 1. The van der Waals surface area contributed by atoms with Crippen molar-refractivity contribution in [3.63, 3.8) is 0 Å². The first-order chi connectivity index (χ1) is 6.56. The average molecular weight is 191 g/mol. The lowest BCUT2D eigenvalue weighted by Gasteiger charge is -2.16. The molecule has 0 spiro atoms. The van der Waals surface area contributed by atoms with Gasteiger partial charge in [0, 0.05) is 5.69 Å². The third kappa shape index (κ3) is 2.02. The van der Waals surface area contributed by atoms with Gasteiger partial charge in [0.15, 0.2) is 0 Å². The zero-order chi connectivity index (χ0) is 10.7. The minimum atomic E-state index is -0.662. The second-order valence-electron chi connectivity index (χ2n) is 3.22. The van der Waals surface area contributed by atoms with Crippen molar-refractivity contribution in [2.45, 2.75) is 19.1 Å². The van der Waals surface area contributed by atoms with Crippen LogP contribution in [0.15, 0.2) is 18.2 Å². The van der Waals surface area contributed by atoms with Crippen molar-refractivity contribution in [1.29, 1.82) is 5.26 Å². The standard InChI is InChI=1S/C10H13N3O/c1-6(14)10(13)8-3-2-7(5-11)4-9(8)12/h2-4,6,10,14H,12-13H2,1H3. The smallest absolute Gasteiger partial charge is 0.0992 e. The number of rotatable bonds is 2. The summed E-state index contributed by atoms with van der Waals surface area (Å²) < 4.78 is 0. The molecule has 0 heterocycles. The summed E-state index contributed by atoms with van der Waals surface area (Å²) in [5.74, 6) is 0. The number of aliphatic hydroxyl groups excluding tert-OH is 1. The second-order valence-corrected chi connectivity index (χ2v) is 3.22. The summed E-state index contributed by atoms with van der Waals surface area (Å²) in [4.78, 5) is 0. The van der Waals surface area contributed by atoms with E-state index in [-0.39, 0.29) is 0 Å². The molecule has 2 unspecified atom stereocenters. The summed E-state index contributed by atoms with van der Waals surface area (Å²) in [7, 11) is 0. The Balaban J connectivity index is 3.07. The van der Waals surface area contributed by atoms with E-state index in [9.17, 15) is 5.11 Å². The van der Waals surface area contributed by atoms with E-state index in [0.717, 1.165) is 0 Å². The number of hydrogen-bond donors (Lipinski definition) is 3. The molecule has 0 bridgehead atoms. The van der Waals surface area contributed by atoms with Crippen molar-refractivity contribution in [2.24, 2.45) is 5.73 Å². The van der Waals surface area contributed by atoms with Crippen molar-refractivity contribution in [3.05, 3.63) is 29.3 Å². The van der Waals surface area contributed by atoms with Crippen LogP contribution in [0.3, 0.4) is 0 Å². The van der Waals surface area contributed by atoms with Gasteiger partial charge in [0.1, 0.15) is 0 Å². The Morgan fingerprint density at radius 1 is 1.50 bits per heavy atom. The van der Waals surface area contributed by atoms with Crippen LogP contribution in [-0.4, -0.2) is 11.2 Å². The lowest BCUT2D eigenvalue weighted by molar-refractivity contribution is 0.164. The fourth-order valence-corrected chi connectivity index (χ4v) is 1.21. The zero-order valence-corrected chi connectivity index (χ0v) is 7.94. The topological polar surface area (TPSA) is 96.1 Å². The molecule has 0 amide bonds. The number of nitrogens with zero attached hydrogens (tertiary/aromatic N) is 1. The quantitative estimate of drug-likeness (QED) is 0.594. The first-order valence-corrected chi connectivity index (χ1v) is 4.29. The van der Waals surface area contributed by atoms with Gasteiger partial charge in [-0.05, 0) is 24.6 Å². The molecule has 0 aliphatic heterocycles. The molecular formula is C10H13N3O. The van der Waals surface area contributed by atoms with E-state index in [2.05, 4.69) is 0 Å². The number of hydrogen-bond acceptors (Lipinski definition) is 4. The van der Waals surface area contributed by atoms with Crippen LogP contribution in [0.1, 0.15) is 24.1 Å². The fraction of sp³-hybridized carbons (Fsp3) is 0.300. The van der Waals surface area contributed by atoms with Crippen molar-refractivity contribution >= 4 is 5.69 Å². The zero-order valence-electron chi connectivity index (χ0n) is 7.94. The molecule has 0 fully saturated rings. The highest BCUT2D eigenvalue weighted by molar-refractivity contribution is 5.53. The first kappa shape index (κ1) is 10.5. The molecule has 4 nitrogen and oxygen atoms in total. The van der Waals surface area contributed by atoms with Crippen LogP contribution in [0.4, 0.5) is 5.69 Å². The molecule has 1 aromatic rings. The molecule has 14 heavy (non-hydrogen) atoms. The highest BCUT2D eigenvalue weighted by Crippen LogP contribution is 2.22. The van der Waals surface area contributed by atoms with E-state index in [1.165, 1.54) is 0 Å². The molecule has 5 N–H and O–H groups in total. The highest BCUT2D eigenvalue weighted by atomic mass is 16.3. The summed E-state index contributed by atoms with van der Waals surface area (Å²) in [6, 6.07) is 6.33. The summed E-state index contributed by atoms with van der Waals surface area (Å²) in [5, 5.41) is 17.9. The van der Waals surface area contributed by atoms with Crippen LogP contribution in [0, 0.1) is 11.3 Å². The van der Waals surface area contributed by atoms with Crippen molar-refractivity contribution < 1.29 is 5.11 Å². The van der Waals surface area contributed by atoms with Gasteiger partial charge in [0.25, 0.3) is 0 Å². The van der Waals surface area contributed by atoms with Gasteiger partial charge in [0.2, 0.25) is 0 Å². The fourth-order valence-electron chi connectivity index (χ4n) is 1.21. The Labute approximate surface area is 82.8 Å². The normalized spacial score (nSPS) is 14.4. The lowest BCUT2D eigenvalue weighted by atomic mass is 10.00. The van der Waals surface area contributed by atoms with E-state index in [0.29, 0.717) is 16.8 Å². The highest BCUT2D eigenvalue weighted by Gasteiger charge is 2.14. The summed E-state index contributed by atoms with van der Waals surface area (Å²) >= 11 is 0. The van der Waals surface area contributed by atoms with Gasteiger partial charge in [-0.25, -0.2) is 0 Å². The van der Waals surface area contributed by atoms with Gasteiger partial charge in [-0.1, -0.05) is 6.07 Å². The van der Waals surface area contributed by atoms with Gasteiger partial charge in [-0.2, -0.15) is 5.26 Å². The van der Waals surface area contributed by atoms with Gasteiger partial charge in [0.05, 0.1) is 23.8 Å². The van der Waals surface area contributed by atoms with Crippen LogP contribution < -0.4 is 11.5 Å². The summed E-state index contributed by atoms with van der Waals surface area (Å²) in [6.45, 7) is 1.60. The predicted octanol–water partition coefficient (Wildman–Crippen LogP) is 0.521. The molecule has 0 aliphatic rings. The van der Waals surface area contributed by atoms with Crippen molar-refractivity contribution in [2.75, 3.05) is 5.73 Å². The van der Waals surface area contributed by atoms with E-state index in [1.807, 2.05) is 6.07 Å². The van der Waals surface area contributed by atoms with Crippen LogP contribution in [0.5, 0.6) is 0 Å². The maximum Gasteiger partial charge on any atom is 0.0992 e. The van der Waals surface area contributed by atoms with Crippen LogP contribution in [0.25, 0.3) is 0 Å². The number of nitrogen functional groups attached to an aromatic ring is 1. The third-order valence-corrected chi connectivity index (χ3v) is 2.09. The Morgan fingerprint density at radius 2 is 2.14 bits per heavy atom. The molecule has 0 radical (unpaired) electrons. The molecule has 0 saturated heterocycles. The number of benzene rings is 1. The largest absolute Gasteiger partial charge is 0.398 e. The molecule has 2 atom stereocenters. The van der Waals surface area contributed by atoms with E-state index in [4.69, 9.17) is 16.7 Å². The Kier molecular flexibility index (Phi) is 3.07. The molecule has 1 aromatic carbocycles. The molecule has 74 valence electrons. The number of nitriles is 1. The summed E-state index contributed by atoms with van der Waals surface area (Å²) in [6.07, 6.45) is -0.662. The Bertz CT molecular complexity index is 368. The number of nitrogens with two attached hydrogens (primary N) is 2. The minimum absolute atomic E-state index is 0.442. The van der Waals surface area contributed by atoms with Gasteiger partial charge in [-0.15, -0.1) is 0 Å². The minimum Gasteiger partial charge on any atom is -0.398 e. The Morgan fingerprint density at radius 3 is 2.57 bits per heavy atom. The average Bonchev–Trinajstić information content (AvgIpc) is 2.16. The van der Waals surface area contributed by atoms with E-state index in [1.54, 1.807) is 25.1 Å². The van der Waals surface area contributed by atoms with E-state index < -0.39 is 12.1 Å². The van der Waals surface area contributed by atoms with Gasteiger partial charge >= 0.3 is 0 Å². The molecule has 0 saturated carbocycles. The van der Waals surface area contributed by atoms with Gasteiger partial charge in [-0.3, -0.25) is 0 Å². The molecule has 0 aliphatic carbocycles. The monoisotopic (exact) mass is 191 g/mol. The van der Waals surface area contributed by atoms with Crippen LogP contribution >= 0.6 is 0 Å². The first-order valence-electron chi connectivity index (χ1n) is 4.29. The summed E-state index contributed by atoms with van der Waals surface area (Å²) in [5.41, 5.74) is 13.0. The molecule has 0 aromatic heterocycles. The molecule has 1 rings (SSSR count). The van der Waals surface area contributed by atoms with Gasteiger partial charge < -0.3 is 16.6 Å². The number of aliphatic hydroxyl groups is 1. The van der Waals surface area contributed by atoms with E-state index >= 15 is 0 Å². The van der Waals surface area contributed by atoms with Crippen LogP contribution in [-0.2, 0) is 0 Å². The predicted molar refractivity (Wildman–Crippen MR) is 54.2 cm³/mol. The Hall–Kier alpha value is -1.57. The molecule has 4 heteroatoms. The second kappa shape index (κ2) is 4.09. The van der Waals surface area contributed by atoms with Crippen LogP contribution in [0.2, 0.25) is 0 Å². The van der Waals surface area contributed by atoms with Crippen molar-refractivity contribution in [1.82, 2.24) is 0 Å². The third-order valence-electron chi connectivity index (χ3n) is 2.09. The molecular weight excluding hydrogens is 178 g/mol. The SMILES string of the molecule is CC(O)C(N)c1ccc(C#N)cc1N. The lowest BCUT2D eigenvalue weighted by Crippen LogP contribution is -2.24. The van der Waals surface area contributed by atoms with Crippen molar-refractivity contribution in [3.8, 4) is 6.07 Å².